The number of nitriles is 1. The number of rotatable bonds is 9. The molecule has 4 rings (SSSR count). The van der Waals surface area contributed by atoms with Gasteiger partial charge in [0.15, 0.2) is 0 Å². The Morgan fingerprint density at radius 1 is 1.27 bits per heavy atom. The summed E-state index contributed by atoms with van der Waals surface area (Å²) in [7, 11) is 0. The van der Waals surface area contributed by atoms with E-state index in [0.717, 1.165) is 52.7 Å². The van der Waals surface area contributed by atoms with Gasteiger partial charge in [0.05, 0.1) is 28.5 Å². The fourth-order valence-electron chi connectivity index (χ4n) is 4.26. The van der Waals surface area contributed by atoms with Gasteiger partial charge in [-0.2, -0.15) is 5.26 Å². The zero-order valence-electron chi connectivity index (χ0n) is 22.0. The summed E-state index contributed by atoms with van der Waals surface area (Å²) in [5.41, 5.74) is 11.9. The van der Waals surface area contributed by atoms with E-state index in [1.807, 2.05) is 6.07 Å². The molecule has 1 saturated carbocycles. The van der Waals surface area contributed by atoms with Gasteiger partial charge in [-0.05, 0) is 60.1 Å². The van der Waals surface area contributed by atoms with Gasteiger partial charge in [-0.15, -0.1) is 0 Å². The Bertz CT molecular complexity index is 1330. The molecule has 0 aliphatic heterocycles. The maximum Gasteiger partial charge on any atom is 0.123 e. The fourth-order valence-corrected chi connectivity index (χ4v) is 4.26. The summed E-state index contributed by atoms with van der Waals surface area (Å²) in [4.78, 5) is 4.63. The van der Waals surface area contributed by atoms with Crippen molar-refractivity contribution in [3.8, 4) is 6.07 Å². The normalized spacial score (nSPS) is 14.8. The molecule has 1 aliphatic rings. The van der Waals surface area contributed by atoms with Crippen molar-refractivity contribution in [3.63, 3.8) is 0 Å². The van der Waals surface area contributed by atoms with Crippen molar-refractivity contribution in [1.29, 1.82) is 5.26 Å². The molecule has 0 bridgehead atoms. The van der Waals surface area contributed by atoms with Crippen molar-refractivity contribution in [2.45, 2.75) is 59.0 Å². The summed E-state index contributed by atoms with van der Waals surface area (Å²) in [6.45, 7) is 9.20. The van der Waals surface area contributed by atoms with Crippen LogP contribution in [0.1, 0.15) is 63.3 Å². The highest BCUT2D eigenvalue weighted by Gasteiger charge is 2.26. The maximum absolute atomic E-state index is 13.7. The number of fused-ring (bicyclic) bond motifs is 1. The first-order valence-electron chi connectivity index (χ1n) is 12.7. The van der Waals surface area contributed by atoms with E-state index in [9.17, 15) is 9.65 Å². The lowest BCUT2D eigenvalue weighted by atomic mass is 9.96. The number of pyridine rings is 1. The molecule has 1 aromatic heterocycles. The highest BCUT2D eigenvalue weighted by Crippen LogP contribution is 2.34. The molecule has 0 spiro atoms. The molecule has 2 aromatic carbocycles. The van der Waals surface area contributed by atoms with E-state index in [-0.39, 0.29) is 11.2 Å². The summed E-state index contributed by atoms with van der Waals surface area (Å²) < 4.78 is 13.7. The number of hydrazine groups is 1. The molecule has 7 nitrogen and oxygen atoms in total. The van der Waals surface area contributed by atoms with Crippen molar-refractivity contribution in [2.75, 3.05) is 17.2 Å². The molecule has 194 valence electrons. The van der Waals surface area contributed by atoms with Gasteiger partial charge in [0.1, 0.15) is 11.9 Å². The highest BCUT2D eigenvalue weighted by molar-refractivity contribution is 5.98. The molecule has 0 amide bonds. The van der Waals surface area contributed by atoms with Crippen molar-refractivity contribution >= 4 is 22.3 Å². The average Bonchev–Trinajstić information content (AvgIpc) is 3.71. The van der Waals surface area contributed by atoms with Gasteiger partial charge < -0.3 is 21.4 Å². The van der Waals surface area contributed by atoms with Crippen molar-refractivity contribution < 1.29 is 4.39 Å². The smallest absolute Gasteiger partial charge is 0.123 e. The lowest BCUT2D eigenvalue weighted by Gasteiger charge is -2.25. The van der Waals surface area contributed by atoms with Crippen LogP contribution in [-0.2, 0) is 6.42 Å². The minimum absolute atomic E-state index is 0.0222. The zero-order chi connectivity index (χ0) is 26.7. The van der Waals surface area contributed by atoms with E-state index in [1.54, 1.807) is 29.5 Å². The van der Waals surface area contributed by atoms with Crippen molar-refractivity contribution in [2.24, 2.45) is 17.0 Å². The maximum atomic E-state index is 13.7. The lowest BCUT2D eigenvalue weighted by molar-refractivity contribution is 0.378. The Kier molecular flexibility index (Phi) is 7.55. The van der Waals surface area contributed by atoms with E-state index in [0.29, 0.717) is 23.8 Å². The number of halogens is 1. The monoisotopic (exact) mass is 501 g/mol. The molecule has 37 heavy (non-hydrogen) atoms. The third-order valence-corrected chi connectivity index (χ3v) is 6.46. The number of nitrogens with two attached hydrogens (primary N) is 2. The summed E-state index contributed by atoms with van der Waals surface area (Å²) >= 11 is 0. The average molecular weight is 502 g/mol. The molecule has 1 heterocycles. The summed E-state index contributed by atoms with van der Waals surface area (Å²) in [6.07, 6.45) is 6.23. The number of aryl methyl sites for hydroxylation is 1. The minimum Gasteiger partial charge on any atom is -0.399 e. The van der Waals surface area contributed by atoms with Crippen LogP contribution in [-0.4, -0.2) is 22.6 Å². The first-order chi connectivity index (χ1) is 17.6. The van der Waals surface area contributed by atoms with E-state index < -0.39 is 6.04 Å². The van der Waals surface area contributed by atoms with E-state index in [1.165, 1.54) is 12.1 Å². The molecular formula is C29H36FN7. The summed E-state index contributed by atoms with van der Waals surface area (Å²) in [6, 6.07) is 12.5. The molecule has 8 heteroatoms. The fraction of sp³-hybridized carbons (Fsp3) is 0.379. The first kappa shape index (κ1) is 26.2. The largest absolute Gasteiger partial charge is 0.399 e. The van der Waals surface area contributed by atoms with Crippen LogP contribution in [0.4, 0.5) is 15.8 Å². The molecule has 0 saturated heterocycles. The zero-order valence-corrected chi connectivity index (χ0v) is 22.0. The van der Waals surface area contributed by atoms with Crippen molar-refractivity contribution in [3.05, 3.63) is 77.0 Å². The van der Waals surface area contributed by atoms with Crippen LogP contribution in [0.3, 0.4) is 0 Å². The standard InChI is InChI=1S/C29H36FN7/c1-5-18-12-22(13-24-26(18)34-15-20(14-31)27(24)35-17-29(2,3)4)36-28(19-6-8-21(30)9-7-19)25(32)16-37(33)23-10-11-23/h6-9,12-13,15-16,23,28,36H,5,10-11,17,32-33H2,1-4H3,(H,34,35)/b25-16-. The number of benzene rings is 2. The predicted octanol–water partition coefficient (Wildman–Crippen LogP) is 5.56. The molecule has 3 aromatic rings. The van der Waals surface area contributed by atoms with Gasteiger partial charge in [-0.25, -0.2) is 10.2 Å². The molecule has 0 radical (unpaired) electrons. The Morgan fingerprint density at radius 2 is 1.97 bits per heavy atom. The quantitative estimate of drug-likeness (QED) is 0.224. The predicted molar refractivity (Wildman–Crippen MR) is 148 cm³/mol. The number of anilines is 2. The van der Waals surface area contributed by atoms with Crippen molar-refractivity contribution in [1.82, 2.24) is 9.99 Å². The number of nitrogens with one attached hydrogen (secondary N) is 2. The second-order valence-electron chi connectivity index (χ2n) is 10.9. The SMILES string of the molecule is CCc1cc(NC(/C(N)=C/N(N)C2CC2)c2ccc(F)cc2)cc2c(NCC(C)(C)C)c(C#N)cnc12. The molecule has 1 fully saturated rings. The Labute approximate surface area is 218 Å². The highest BCUT2D eigenvalue weighted by atomic mass is 19.1. The van der Waals surface area contributed by atoms with Crippen LogP contribution in [0.15, 0.2) is 54.5 Å². The third-order valence-electron chi connectivity index (χ3n) is 6.46. The van der Waals surface area contributed by atoms with E-state index in [4.69, 9.17) is 11.6 Å². The number of hydrogen-bond donors (Lipinski definition) is 4. The molecular weight excluding hydrogens is 465 g/mol. The number of nitrogens with zero attached hydrogens (tertiary/aromatic N) is 3. The second kappa shape index (κ2) is 10.7. The third kappa shape index (κ3) is 6.30. The Hall–Kier alpha value is -3.83. The van der Waals surface area contributed by atoms with E-state index in [2.05, 4.69) is 55.4 Å². The topological polar surface area (TPSA) is 116 Å². The molecule has 1 atom stereocenters. The van der Waals surface area contributed by atoms with E-state index >= 15 is 0 Å². The van der Waals surface area contributed by atoms with Crippen LogP contribution >= 0.6 is 0 Å². The number of aromatic nitrogens is 1. The lowest BCUT2D eigenvalue weighted by Crippen LogP contribution is -2.30. The summed E-state index contributed by atoms with van der Waals surface area (Å²) in [5.74, 6) is 5.88. The second-order valence-corrected chi connectivity index (χ2v) is 10.9. The van der Waals surface area contributed by atoms with Crippen LogP contribution in [0.2, 0.25) is 0 Å². The van der Waals surface area contributed by atoms with Gasteiger partial charge in [0.2, 0.25) is 0 Å². The van der Waals surface area contributed by atoms with Crippen LogP contribution in [0, 0.1) is 22.6 Å². The minimum atomic E-state index is -0.439. The molecule has 1 aliphatic carbocycles. The van der Waals surface area contributed by atoms with Crippen LogP contribution in [0.5, 0.6) is 0 Å². The Morgan fingerprint density at radius 3 is 2.57 bits per heavy atom. The number of hydrogen-bond acceptors (Lipinski definition) is 7. The first-order valence-corrected chi connectivity index (χ1v) is 12.7. The van der Waals surface area contributed by atoms with Crippen LogP contribution < -0.4 is 22.2 Å². The molecule has 1 unspecified atom stereocenters. The van der Waals surface area contributed by atoms with Gasteiger partial charge in [0, 0.05) is 36.1 Å². The van der Waals surface area contributed by atoms with Gasteiger partial charge in [-0.1, -0.05) is 39.8 Å². The van der Waals surface area contributed by atoms with Crippen LogP contribution in [0.25, 0.3) is 10.9 Å². The van der Waals surface area contributed by atoms with Gasteiger partial charge in [-0.3, -0.25) is 4.98 Å². The van der Waals surface area contributed by atoms with Gasteiger partial charge in [0.25, 0.3) is 0 Å². The Balaban J connectivity index is 1.80. The van der Waals surface area contributed by atoms with Gasteiger partial charge >= 0.3 is 0 Å². The summed E-state index contributed by atoms with van der Waals surface area (Å²) in [5, 5.41) is 19.4. The molecule has 6 N–H and O–H groups in total.